The van der Waals surface area contributed by atoms with Crippen molar-refractivity contribution in [3.8, 4) is 16.9 Å². The summed E-state index contributed by atoms with van der Waals surface area (Å²) in [6, 6.07) is 13.6. The van der Waals surface area contributed by atoms with Crippen molar-refractivity contribution in [2.75, 3.05) is 4.72 Å². The highest BCUT2D eigenvalue weighted by molar-refractivity contribution is 7.92. The number of nitrogens with zero attached hydrogens (tertiary/aromatic N) is 1. The Morgan fingerprint density at radius 3 is 2.35 bits per heavy atom. The second kappa shape index (κ2) is 9.45. The van der Waals surface area contributed by atoms with Crippen LogP contribution < -0.4 is 9.46 Å². The zero-order valence-corrected chi connectivity index (χ0v) is 18.3. The molecular weight excluding hydrogens is 408 g/mol. The van der Waals surface area contributed by atoms with Crippen LogP contribution in [0.2, 0.25) is 0 Å². The summed E-state index contributed by atoms with van der Waals surface area (Å²) in [4.78, 5) is 4.33. The van der Waals surface area contributed by atoms with Gasteiger partial charge >= 0.3 is 0 Å². The summed E-state index contributed by atoms with van der Waals surface area (Å²) in [6.07, 6.45) is 8.36. The molecule has 158 valence electrons. The van der Waals surface area contributed by atoms with Crippen molar-refractivity contribution in [2.45, 2.75) is 18.7 Å². The van der Waals surface area contributed by atoms with Gasteiger partial charge in [-0.25, -0.2) is 8.42 Å². The van der Waals surface area contributed by atoms with E-state index in [9.17, 15) is 8.42 Å². The van der Waals surface area contributed by atoms with E-state index in [1.54, 1.807) is 42.6 Å². The third-order valence-corrected chi connectivity index (χ3v) is 6.06. The first-order valence-electron chi connectivity index (χ1n) is 9.61. The van der Waals surface area contributed by atoms with Gasteiger partial charge in [0.15, 0.2) is 0 Å². The van der Waals surface area contributed by atoms with Crippen LogP contribution in [0.3, 0.4) is 0 Å². The number of aromatic nitrogens is 1. The average molecular weight is 433 g/mol. The van der Waals surface area contributed by atoms with Gasteiger partial charge in [0.25, 0.3) is 10.0 Å². The number of anilines is 1. The van der Waals surface area contributed by atoms with Crippen LogP contribution in [0.5, 0.6) is 5.75 Å². The molecule has 31 heavy (non-hydrogen) atoms. The summed E-state index contributed by atoms with van der Waals surface area (Å²) in [5, 5.41) is 0. The van der Waals surface area contributed by atoms with Gasteiger partial charge < -0.3 is 4.74 Å². The molecule has 1 aromatic heterocycles. The van der Waals surface area contributed by atoms with Gasteiger partial charge in [-0.15, -0.1) is 0 Å². The fourth-order valence-corrected chi connectivity index (χ4v) is 4.12. The minimum atomic E-state index is -3.75. The van der Waals surface area contributed by atoms with Crippen LogP contribution in [0, 0.1) is 13.8 Å². The van der Waals surface area contributed by atoms with Crippen LogP contribution in [0.4, 0.5) is 5.69 Å². The molecule has 0 fully saturated rings. The molecule has 0 bridgehead atoms. The van der Waals surface area contributed by atoms with Crippen molar-refractivity contribution in [3.05, 3.63) is 109 Å². The van der Waals surface area contributed by atoms with Gasteiger partial charge in [0, 0.05) is 23.6 Å². The minimum Gasteiger partial charge on any atom is -0.457 e. The van der Waals surface area contributed by atoms with Crippen LogP contribution >= 0.6 is 0 Å². The first-order valence-corrected chi connectivity index (χ1v) is 11.1. The van der Waals surface area contributed by atoms with Crippen LogP contribution in [0.1, 0.15) is 11.1 Å². The van der Waals surface area contributed by atoms with Crippen molar-refractivity contribution < 1.29 is 13.2 Å². The Hall–Kier alpha value is -3.64. The first-order chi connectivity index (χ1) is 14.8. The molecule has 0 radical (unpaired) electrons. The highest BCUT2D eigenvalue weighted by Crippen LogP contribution is 2.29. The molecule has 0 aliphatic rings. The lowest BCUT2D eigenvalue weighted by Gasteiger charge is -2.13. The monoisotopic (exact) mass is 432 g/mol. The molecule has 0 unspecified atom stereocenters. The average Bonchev–Trinajstić information content (AvgIpc) is 2.74. The van der Waals surface area contributed by atoms with Gasteiger partial charge in [-0.3, -0.25) is 9.71 Å². The fourth-order valence-electron chi connectivity index (χ4n) is 3.07. The number of benzene rings is 2. The van der Waals surface area contributed by atoms with E-state index < -0.39 is 10.0 Å². The van der Waals surface area contributed by atoms with E-state index in [-0.39, 0.29) is 4.90 Å². The molecule has 6 heteroatoms. The lowest BCUT2D eigenvalue weighted by atomic mass is 9.98. The minimum absolute atomic E-state index is 0.137. The summed E-state index contributed by atoms with van der Waals surface area (Å²) in [6.45, 7) is 11.2. The molecule has 3 rings (SSSR count). The van der Waals surface area contributed by atoms with Gasteiger partial charge in [0.05, 0.1) is 4.90 Å². The number of nitrogens with one attached hydrogen (secondary N) is 1. The molecule has 5 nitrogen and oxygen atoms in total. The van der Waals surface area contributed by atoms with Gasteiger partial charge in [-0.05, 0) is 85.2 Å². The summed E-state index contributed by atoms with van der Waals surface area (Å²) in [7, 11) is -3.75. The SMILES string of the molecule is C=C/C=C(\C=C)Oc1ccc(S(=O)(=O)Nc2ccc(-c3cnccc3C)c(C)c2)cc1. The number of hydrogen-bond acceptors (Lipinski definition) is 4. The van der Waals surface area contributed by atoms with E-state index in [2.05, 4.69) is 22.9 Å². The Morgan fingerprint density at radius 1 is 1.00 bits per heavy atom. The lowest BCUT2D eigenvalue weighted by molar-refractivity contribution is 0.444. The molecular formula is C25H24N2O3S. The van der Waals surface area contributed by atoms with Crippen molar-refractivity contribution in [1.29, 1.82) is 0 Å². The number of rotatable bonds is 8. The third-order valence-electron chi connectivity index (χ3n) is 4.66. The summed E-state index contributed by atoms with van der Waals surface area (Å²) in [5.74, 6) is 1.02. The Bertz CT molecular complexity index is 1240. The second-order valence-corrected chi connectivity index (χ2v) is 8.59. The second-order valence-electron chi connectivity index (χ2n) is 6.91. The third kappa shape index (κ3) is 5.29. The van der Waals surface area contributed by atoms with Crippen LogP contribution in [-0.4, -0.2) is 13.4 Å². The molecule has 0 atom stereocenters. The normalized spacial score (nSPS) is 11.6. The van der Waals surface area contributed by atoms with Crippen molar-refractivity contribution >= 4 is 15.7 Å². The van der Waals surface area contributed by atoms with E-state index >= 15 is 0 Å². The molecule has 3 aromatic rings. The highest BCUT2D eigenvalue weighted by Gasteiger charge is 2.15. The van der Waals surface area contributed by atoms with Crippen molar-refractivity contribution in [3.63, 3.8) is 0 Å². The quantitative estimate of drug-likeness (QED) is 0.361. The smallest absolute Gasteiger partial charge is 0.261 e. The van der Waals surface area contributed by atoms with Crippen LogP contribution in [-0.2, 0) is 10.0 Å². The maximum absolute atomic E-state index is 12.8. The number of hydrogen-bond donors (Lipinski definition) is 1. The summed E-state index contributed by atoms with van der Waals surface area (Å²) < 4.78 is 33.9. The maximum Gasteiger partial charge on any atom is 0.261 e. The van der Waals surface area contributed by atoms with Crippen LogP contribution in [0.15, 0.2) is 103 Å². The van der Waals surface area contributed by atoms with E-state index in [0.29, 0.717) is 17.2 Å². The summed E-state index contributed by atoms with van der Waals surface area (Å²) >= 11 is 0. The van der Waals surface area contributed by atoms with E-state index in [4.69, 9.17) is 4.74 Å². The largest absolute Gasteiger partial charge is 0.457 e. The number of aryl methyl sites for hydroxylation is 2. The van der Waals surface area contributed by atoms with Gasteiger partial charge in [-0.1, -0.05) is 25.3 Å². The maximum atomic E-state index is 12.8. The zero-order chi connectivity index (χ0) is 22.4. The van der Waals surface area contributed by atoms with Gasteiger partial charge in [0.2, 0.25) is 0 Å². The van der Waals surface area contributed by atoms with Crippen LogP contribution in [0.25, 0.3) is 11.1 Å². The van der Waals surface area contributed by atoms with E-state index in [1.165, 1.54) is 12.1 Å². The number of pyridine rings is 1. The van der Waals surface area contributed by atoms with Crippen molar-refractivity contribution in [1.82, 2.24) is 4.98 Å². The molecule has 2 aromatic carbocycles. The molecule has 0 amide bonds. The zero-order valence-electron chi connectivity index (χ0n) is 17.5. The molecule has 0 saturated carbocycles. The lowest BCUT2D eigenvalue weighted by Crippen LogP contribution is -2.13. The number of allylic oxidation sites excluding steroid dienone is 3. The molecule has 0 spiro atoms. The molecule has 1 heterocycles. The number of sulfonamides is 1. The molecule has 0 aliphatic carbocycles. The Balaban J connectivity index is 1.80. The highest BCUT2D eigenvalue weighted by atomic mass is 32.2. The Labute approximate surface area is 183 Å². The first kappa shape index (κ1) is 22.1. The van der Waals surface area contributed by atoms with E-state index in [1.807, 2.05) is 38.2 Å². The predicted molar refractivity (Wildman–Crippen MR) is 126 cm³/mol. The standard InChI is InChI=1S/C25H24N2O3S/c1-5-7-21(6-2)30-22-9-11-23(12-10-22)31(28,29)27-20-8-13-24(19(4)16-20)25-17-26-15-14-18(25)3/h5-17,27H,1-2H2,3-4H3/b21-7+. The molecule has 1 N–H and O–H groups in total. The molecule has 0 saturated heterocycles. The predicted octanol–water partition coefficient (Wildman–Crippen LogP) is 5.80. The van der Waals surface area contributed by atoms with E-state index in [0.717, 1.165) is 22.3 Å². The topological polar surface area (TPSA) is 68.3 Å². The van der Waals surface area contributed by atoms with Gasteiger partial charge in [0.1, 0.15) is 11.5 Å². The van der Waals surface area contributed by atoms with Gasteiger partial charge in [-0.2, -0.15) is 0 Å². The number of ether oxygens (including phenoxy) is 1. The fraction of sp³-hybridized carbons (Fsp3) is 0.0800. The Kier molecular flexibility index (Phi) is 6.72. The molecule has 0 aliphatic heterocycles. The summed E-state index contributed by atoms with van der Waals surface area (Å²) in [5.41, 5.74) is 4.59. The Morgan fingerprint density at radius 2 is 1.74 bits per heavy atom. The van der Waals surface area contributed by atoms with Crippen molar-refractivity contribution in [2.24, 2.45) is 0 Å².